The van der Waals surface area contributed by atoms with Gasteiger partial charge in [-0.1, -0.05) is 90.2 Å². The molecule has 6 nitrogen and oxygen atoms in total. The molecule has 1 fully saturated rings. The first-order valence-corrected chi connectivity index (χ1v) is 17.0. The van der Waals surface area contributed by atoms with Gasteiger partial charge in [-0.3, -0.25) is 14.5 Å². The van der Waals surface area contributed by atoms with Gasteiger partial charge in [-0.05, 0) is 66.8 Å². The van der Waals surface area contributed by atoms with Crippen LogP contribution in [-0.2, 0) is 16.0 Å². The van der Waals surface area contributed by atoms with E-state index in [1.807, 2.05) is 50.2 Å². The van der Waals surface area contributed by atoms with E-state index in [0.29, 0.717) is 40.9 Å². The second-order valence-electron chi connectivity index (χ2n) is 14.5. The maximum atomic E-state index is 14.2. The van der Waals surface area contributed by atoms with Crippen molar-refractivity contribution in [3.05, 3.63) is 52.0 Å². The van der Waals surface area contributed by atoms with Gasteiger partial charge in [-0.2, -0.15) is 0 Å². The second-order valence-corrected chi connectivity index (χ2v) is 15.3. The summed E-state index contributed by atoms with van der Waals surface area (Å²) in [7, 11) is 0. The number of carbonyl (C=O) groups excluding carboxylic acids is 2. The third-order valence-corrected chi connectivity index (χ3v) is 11.1. The molecule has 2 aromatic carbocycles. The Hall–Kier alpha value is -2.28. The molecule has 4 rings (SSSR count). The number of nitrogens with zero attached hydrogens (tertiary/aromatic N) is 3. The predicted molar refractivity (Wildman–Crippen MR) is 183 cm³/mol. The number of benzene rings is 2. The summed E-state index contributed by atoms with van der Waals surface area (Å²) in [6.07, 6.45) is 4.86. The molecule has 2 aliphatic rings. The van der Waals surface area contributed by atoms with E-state index >= 15 is 0 Å². The predicted octanol–water partition coefficient (Wildman–Crippen LogP) is 8.66. The van der Waals surface area contributed by atoms with Gasteiger partial charge in [0.05, 0.1) is 28.0 Å². The molecule has 2 aromatic rings. The Balaban J connectivity index is 1.31. The van der Waals surface area contributed by atoms with Crippen LogP contribution in [0, 0.1) is 16.2 Å². The van der Waals surface area contributed by atoms with Crippen LogP contribution in [0.3, 0.4) is 0 Å². The molecule has 242 valence electrons. The van der Waals surface area contributed by atoms with E-state index in [9.17, 15) is 9.59 Å². The van der Waals surface area contributed by atoms with Crippen molar-refractivity contribution in [2.24, 2.45) is 16.2 Å². The quantitative estimate of drug-likeness (QED) is 0.217. The lowest BCUT2D eigenvalue weighted by molar-refractivity contribution is -0.137. The minimum Gasteiger partial charge on any atom is -0.494 e. The van der Waals surface area contributed by atoms with Gasteiger partial charge < -0.3 is 9.64 Å². The highest BCUT2D eigenvalue weighted by Gasteiger charge is 2.49. The van der Waals surface area contributed by atoms with Crippen molar-refractivity contribution in [3.8, 4) is 5.75 Å². The fraction of sp³-hybridized carbons (Fsp3) is 0.611. The molecular formula is C36H51Cl2N3O3. The molecule has 2 amide bonds. The van der Waals surface area contributed by atoms with Crippen LogP contribution >= 0.6 is 23.2 Å². The van der Waals surface area contributed by atoms with E-state index < -0.39 is 5.41 Å². The molecule has 8 heteroatoms. The highest BCUT2D eigenvalue weighted by molar-refractivity contribution is 6.43. The van der Waals surface area contributed by atoms with Crippen LogP contribution in [0.4, 0.5) is 11.4 Å². The molecule has 0 saturated carbocycles. The van der Waals surface area contributed by atoms with Gasteiger partial charge in [0, 0.05) is 44.1 Å². The third kappa shape index (κ3) is 7.74. The first kappa shape index (κ1) is 34.6. The molecule has 2 aliphatic heterocycles. The van der Waals surface area contributed by atoms with E-state index in [-0.39, 0.29) is 22.6 Å². The highest BCUT2D eigenvalue weighted by atomic mass is 35.5. The number of carbonyl (C=O) groups is 2. The van der Waals surface area contributed by atoms with Crippen LogP contribution in [0.2, 0.25) is 10.0 Å². The molecule has 0 spiro atoms. The summed E-state index contributed by atoms with van der Waals surface area (Å²) in [6, 6.07) is 11.7. The van der Waals surface area contributed by atoms with Gasteiger partial charge in [0.1, 0.15) is 5.75 Å². The molecule has 0 bridgehead atoms. The molecule has 0 aromatic heterocycles. The van der Waals surface area contributed by atoms with Crippen molar-refractivity contribution in [3.63, 3.8) is 0 Å². The number of unbranched alkanes of at least 4 members (excludes halogenated alkanes) is 1. The molecule has 0 N–H and O–H groups in total. The van der Waals surface area contributed by atoms with Gasteiger partial charge in [0.2, 0.25) is 11.8 Å². The third-order valence-electron chi connectivity index (χ3n) is 10.2. The van der Waals surface area contributed by atoms with Crippen LogP contribution in [-0.4, -0.2) is 56.0 Å². The summed E-state index contributed by atoms with van der Waals surface area (Å²) < 4.78 is 6.15. The Morgan fingerprint density at radius 1 is 0.909 bits per heavy atom. The van der Waals surface area contributed by atoms with Crippen molar-refractivity contribution in [2.45, 2.75) is 87.0 Å². The minimum absolute atomic E-state index is 0.103. The van der Waals surface area contributed by atoms with E-state index in [1.165, 1.54) is 4.90 Å². The Bertz CT molecular complexity index is 1330. The molecule has 1 saturated heterocycles. The van der Waals surface area contributed by atoms with Crippen LogP contribution in [0.25, 0.3) is 0 Å². The monoisotopic (exact) mass is 643 g/mol. The number of hydrogen-bond donors (Lipinski definition) is 0. The SMILES string of the molecule is CCC(C)(C)CC(C)(C)C(C)(C)C(=O)N1C(=O)CCc2ccc(OCCCCN3CCN(c4cccc(Cl)c4Cl)CC3)cc21. The number of anilines is 2. The van der Waals surface area contributed by atoms with Crippen LogP contribution in [0.5, 0.6) is 5.75 Å². The zero-order chi connectivity index (χ0) is 32.3. The number of ether oxygens (including phenoxy) is 1. The Kier molecular flexibility index (Phi) is 11.0. The number of amides is 2. The normalized spacial score (nSPS) is 16.7. The number of hydrogen-bond acceptors (Lipinski definition) is 5. The van der Waals surface area contributed by atoms with Crippen LogP contribution < -0.4 is 14.5 Å². The molecule has 44 heavy (non-hydrogen) atoms. The fourth-order valence-electron chi connectivity index (χ4n) is 6.45. The molecule has 2 heterocycles. The summed E-state index contributed by atoms with van der Waals surface area (Å²) in [5.74, 6) is 0.443. The lowest BCUT2D eigenvalue weighted by atomic mass is 9.60. The molecule has 0 atom stereocenters. The summed E-state index contributed by atoms with van der Waals surface area (Å²) >= 11 is 12.6. The zero-order valence-electron chi connectivity index (χ0n) is 27.8. The number of piperazine rings is 1. The standard InChI is InChI=1S/C36H51Cl2N3O3/c1-8-34(2,3)25-35(4,5)36(6,7)33(43)41-30-24-27(16-14-26(30)15-17-31(41)42)44-23-10-9-18-39-19-21-40(22-20-39)29-13-11-12-28(37)32(29)38/h11-14,16,24H,8-10,15,17-23,25H2,1-7H3. The van der Waals surface area contributed by atoms with E-state index in [1.54, 1.807) is 0 Å². The summed E-state index contributed by atoms with van der Waals surface area (Å²) in [4.78, 5) is 33.6. The van der Waals surface area contributed by atoms with Gasteiger partial charge in [-0.15, -0.1) is 0 Å². The van der Waals surface area contributed by atoms with Crippen molar-refractivity contribution in [1.82, 2.24) is 4.90 Å². The minimum atomic E-state index is -0.730. The van der Waals surface area contributed by atoms with Crippen LogP contribution in [0.1, 0.15) is 86.1 Å². The van der Waals surface area contributed by atoms with E-state index in [0.717, 1.165) is 69.7 Å². The highest BCUT2D eigenvalue weighted by Crippen LogP contribution is 2.49. The largest absolute Gasteiger partial charge is 0.494 e. The first-order chi connectivity index (χ1) is 20.7. The topological polar surface area (TPSA) is 53.1 Å². The summed E-state index contributed by atoms with van der Waals surface area (Å²) in [6.45, 7) is 20.4. The van der Waals surface area contributed by atoms with Gasteiger partial charge in [0.25, 0.3) is 0 Å². The Morgan fingerprint density at radius 2 is 1.61 bits per heavy atom. The summed E-state index contributed by atoms with van der Waals surface area (Å²) in [5, 5.41) is 1.22. The zero-order valence-corrected chi connectivity index (χ0v) is 29.3. The first-order valence-electron chi connectivity index (χ1n) is 16.2. The summed E-state index contributed by atoms with van der Waals surface area (Å²) in [5.41, 5.74) is 1.78. The van der Waals surface area contributed by atoms with Crippen molar-refractivity contribution >= 4 is 46.4 Å². The van der Waals surface area contributed by atoms with Crippen molar-refractivity contribution in [1.29, 1.82) is 0 Å². The molecule has 0 unspecified atom stereocenters. The number of aryl methyl sites for hydroxylation is 1. The Morgan fingerprint density at radius 3 is 2.30 bits per heavy atom. The number of rotatable bonds is 12. The second kappa shape index (κ2) is 14.0. The van der Waals surface area contributed by atoms with Crippen LogP contribution in [0.15, 0.2) is 36.4 Å². The lowest BCUT2D eigenvalue weighted by Gasteiger charge is -2.47. The van der Waals surface area contributed by atoms with Gasteiger partial charge in [0.15, 0.2) is 0 Å². The maximum Gasteiger partial charge on any atom is 0.239 e. The molecular weight excluding hydrogens is 593 g/mol. The fourth-order valence-corrected chi connectivity index (χ4v) is 6.87. The Labute approximate surface area is 275 Å². The van der Waals surface area contributed by atoms with Crippen molar-refractivity contribution in [2.75, 3.05) is 49.1 Å². The average molecular weight is 645 g/mol. The number of halogens is 2. The van der Waals surface area contributed by atoms with Gasteiger partial charge in [-0.25, -0.2) is 4.90 Å². The molecule has 0 radical (unpaired) electrons. The number of fused-ring (bicyclic) bond motifs is 1. The lowest BCUT2D eigenvalue weighted by Crippen LogP contribution is -2.53. The van der Waals surface area contributed by atoms with Crippen molar-refractivity contribution < 1.29 is 14.3 Å². The smallest absolute Gasteiger partial charge is 0.239 e. The van der Waals surface area contributed by atoms with E-state index in [2.05, 4.69) is 44.4 Å². The number of imide groups is 1. The average Bonchev–Trinajstić information content (AvgIpc) is 2.97. The maximum absolute atomic E-state index is 14.2. The van der Waals surface area contributed by atoms with E-state index in [4.69, 9.17) is 27.9 Å². The van der Waals surface area contributed by atoms with Gasteiger partial charge >= 0.3 is 0 Å². The molecule has 0 aliphatic carbocycles.